The van der Waals surface area contributed by atoms with Crippen molar-refractivity contribution in [2.24, 2.45) is 5.41 Å². The number of carbonyl (C=O) groups excluding carboxylic acids is 1. The van der Waals surface area contributed by atoms with Gasteiger partial charge in [-0.2, -0.15) is 11.8 Å². The van der Waals surface area contributed by atoms with Crippen LogP contribution in [0.2, 0.25) is 0 Å². The van der Waals surface area contributed by atoms with Gasteiger partial charge in [-0.15, -0.1) is 12.4 Å². The van der Waals surface area contributed by atoms with E-state index in [0.29, 0.717) is 11.3 Å². The van der Waals surface area contributed by atoms with Crippen molar-refractivity contribution in [3.63, 3.8) is 0 Å². The van der Waals surface area contributed by atoms with Crippen molar-refractivity contribution >= 4 is 30.1 Å². The van der Waals surface area contributed by atoms with Gasteiger partial charge in [0.25, 0.3) is 0 Å². The molecular weight excluding hydrogens is 268 g/mol. The molecule has 1 spiro atoms. The Bertz CT molecular complexity index is 260. The fourth-order valence-corrected chi connectivity index (χ4v) is 3.41. The standard InChI is InChI=1S/C13H24N2OS.ClH/c1-17-11-2-12(16)15-9-5-13(6-10-15)3-7-14-8-4-13;/h14H,2-11H2,1H3;1H. The number of nitrogens with one attached hydrogen (secondary N) is 1. The normalized spacial score (nSPS) is 22.6. The largest absolute Gasteiger partial charge is 0.343 e. The number of carbonyl (C=O) groups is 1. The minimum absolute atomic E-state index is 0. The molecule has 2 aliphatic rings. The summed E-state index contributed by atoms with van der Waals surface area (Å²) in [6.45, 7) is 4.32. The molecule has 0 saturated carbocycles. The van der Waals surface area contributed by atoms with E-state index in [1.165, 1.54) is 38.8 Å². The minimum atomic E-state index is 0. The second-order valence-corrected chi connectivity index (χ2v) is 6.36. The molecule has 5 heteroatoms. The van der Waals surface area contributed by atoms with Crippen molar-refractivity contribution in [3.05, 3.63) is 0 Å². The Kier molecular flexibility index (Phi) is 6.82. The van der Waals surface area contributed by atoms with Gasteiger partial charge in [-0.1, -0.05) is 0 Å². The van der Waals surface area contributed by atoms with Gasteiger partial charge in [-0.25, -0.2) is 0 Å². The molecule has 0 unspecified atom stereocenters. The lowest BCUT2D eigenvalue weighted by Crippen LogP contribution is -2.47. The monoisotopic (exact) mass is 292 g/mol. The Labute approximate surface area is 121 Å². The summed E-state index contributed by atoms with van der Waals surface area (Å²) < 4.78 is 0. The molecule has 0 aromatic heterocycles. The van der Waals surface area contributed by atoms with Crippen LogP contribution in [0.1, 0.15) is 32.1 Å². The fraction of sp³-hybridized carbons (Fsp3) is 0.923. The predicted octanol–water partition coefficient (Wildman–Crippen LogP) is 2.15. The van der Waals surface area contributed by atoms with Gasteiger partial charge in [0.2, 0.25) is 5.91 Å². The molecule has 0 aliphatic carbocycles. The third-order valence-electron chi connectivity index (χ3n) is 4.36. The van der Waals surface area contributed by atoms with Gasteiger partial charge in [-0.05, 0) is 50.4 Å². The maximum atomic E-state index is 11.9. The number of rotatable bonds is 3. The Morgan fingerprint density at radius 1 is 1.22 bits per heavy atom. The smallest absolute Gasteiger partial charge is 0.223 e. The molecular formula is C13H25ClN2OS. The number of thioether (sulfide) groups is 1. The first-order valence-electron chi connectivity index (χ1n) is 6.73. The van der Waals surface area contributed by atoms with Gasteiger partial charge in [-0.3, -0.25) is 4.79 Å². The van der Waals surface area contributed by atoms with Gasteiger partial charge in [0.05, 0.1) is 0 Å². The van der Waals surface area contributed by atoms with Crippen molar-refractivity contribution in [1.82, 2.24) is 10.2 Å². The summed E-state index contributed by atoms with van der Waals surface area (Å²) in [7, 11) is 0. The zero-order chi connectivity index (χ0) is 12.1. The summed E-state index contributed by atoms with van der Waals surface area (Å²) in [5.41, 5.74) is 0.557. The van der Waals surface area contributed by atoms with Gasteiger partial charge < -0.3 is 10.2 Å². The van der Waals surface area contributed by atoms with Crippen LogP contribution in [0.15, 0.2) is 0 Å². The predicted molar refractivity (Wildman–Crippen MR) is 80.6 cm³/mol. The summed E-state index contributed by atoms with van der Waals surface area (Å²) in [6.07, 6.45) is 7.84. The second kappa shape index (κ2) is 7.61. The Hall–Kier alpha value is 0.0700. The van der Waals surface area contributed by atoms with Crippen LogP contribution in [0, 0.1) is 5.41 Å². The van der Waals surface area contributed by atoms with E-state index in [1.54, 1.807) is 11.8 Å². The van der Waals surface area contributed by atoms with E-state index in [0.717, 1.165) is 25.3 Å². The molecule has 0 radical (unpaired) electrons. The van der Waals surface area contributed by atoms with Crippen molar-refractivity contribution in [2.45, 2.75) is 32.1 Å². The number of amides is 1. The Morgan fingerprint density at radius 2 is 1.83 bits per heavy atom. The van der Waals surface area contributed by atoms with E-state index in [4.69, 9.17) is 0 Å². The number of piperidine rings is 2. The average molecular weight is 293 g/mol. The Morgan fingerprint density at radius 3 is 2.39 bits per heavy atom. The molecule has 2 aliphatic heterocycles. The summed E-state index contributed by atoms with van der Waals surface area (Å²) in [6, 6.07) is 0. The zero-order valence-corrected chi connectivity index (χ0v) is 12.9. The van der Waals surface area contributed by atoms with Gasteiger partial charge >= 0.3 is 0 Å². The number of nitrogens with zero attached hydrogens (tertiary/aromatic N) is 1. The molecule has 1 N–H and O–H groups in total. The molecule has 2 fully saturated rings. The first-order chi connectivity index (χ1) is 8.26. The van der Waals surface area contributed by atoms with Crippen LogP contribution in [0.25, 0.3) is 0 Å². The first kappa shape index (κ1) is 16.1. The van der Waals surface area contributed by atoms with Gasteiger partial charge in [0.15, 0.2) is 0 Å². The van der Waals surface area contributed by atoms with E-state index in [2.05, 4.69) is 16.5 Å². The van der Waals surface area contributed by atoms with E-state index in [9.17, 15) is 4.79 Å². The van der Waals surface area contributed by atoms with Crippen molar-refractivity contribution in [2.75, 3.05) is 38.2 Å². The fourth-order valence-electron chi connectivity index (χ4n) is 3.04. The highest BCUT2D eigenvalue weighted by atomic mass is 35.5. The summed E-state index contributed by atoms with van der Waals surface area (Å²) >= 11 is 1.76. The second-order valence-electron chi connectivity index (χ2n) is 5.37. The minimum Gasteiger partial charge on any atom is -0.343 e. The maximum Gasteiger partial charge on any atom is 0.223 e. The molecule has 0 aromatic carbocycles. The molecule has 2 saturated heterocycles. The molecule has 0 aromatic rings. The first-order valence-corrected chi connectivity index (χ1v) is 8.13. The number of hydrogen-bond acceptors (Lipinski definition) is 3. The van der Waals surface area contributed by atoms with Crippen LogP contribution in [-0.2, 0) is 4.79 Å². The van der Waals surface area contributed by atoms with Gasteiger partial charge in [0.1, 0.15) is 0 Å². The summed E-state index contributed by atoms with van der Waals surface area (Å²) in [5.74, 6) is 1.33. The quantitative estimate of drug-likeness (QED) is 0.865. The number of likely N-dealkylation sites (tertiary alicyclic amines) is 1. The molecule has 18 heavy (non-hydrogen) atoms. The molecule has 3 nitrogen and oxygen atoms in total. The van der Waals surface area contributed by atoms with Crippen molar-refractivity contribution in [3.8, 4) is 0 Å². The third kappa shape index (κ3) is 4.04. The van der Waals surface area contributed by atoms with Crippen LogP contribution in [-0.4, -0.2) is 49.0 Å². The number of hydrogen-bond donors (Lipinski definition) is 1. The lowest BCUT2D eigenvalue weighted by molar-refractivity contribution is -0.133. The van der Waals surface area contributed by atoms with E-state index < -0.39 is 0 Å². The summed E-state index contributed by atoms with van der Waals surface area (Å²) in [4.78, 5) is 14.0. The molecule has 0 bridgehead atoms. The Balaban J connectivity index is 0.00000162. The highest BCUT2D eigenvalue weighted by Gasteiger charge is 2.36. The third-order valence-corrected chi connectivity index (χ3v) is 4.97. The maximum absolute atomic E-state index is 11.9. The molecule has 2 rings (SSSR count). The van der Waals surface area contributed by atoms with Crippen LogP contribution in [0.5, 0.6) is 0 Å². The zero-order valence-electron chi connectivity index (χ0n) is 11.2. The molecule has 2 heterocycles. The van der Waals surface area contributed by atoms with Crippen LogP contribution >= 0.6 is 24.2 Å². The molecule has 1 amide bonds. The van der Waals surface area contributed by atoms with Crippen LogP contribution in [0.4, 0.5) is 0 Å². The number of halogens is 1. The molecule has 0 atom stereocenters. The van der Waals surface area contributed by atoms with Crippen LogP contribution in [0.3, 0.4) is 0 Å². The lowest BCUT2D eigenvalue weighted by Gasteiger charge is -2.44. The highest BCUT2D eigenvalue weighted by Crippen LogP contribution is 2.39. The van der Waals surface area contributed by atoms with E-state index in [-0.39, 0.29) is 12.4 Å². The summed E-state index contributed by atoms with van der Waals surface area (Å²) in [5, 5.41) is 3.43. The van der Waals surface area contributed by atoms with Gasteiger partial charge in [0, 0.05) is 25.3 Å². The average Bonchev–Trinajstić information content (AvgIpc) is 2.38. The van der Waals surface area contributed by atoms with E-state index >= 15 is 0 Å². The molecule has 106 valence electrons. The topological polar surface area (TPSA) is 32.3 Å². The highest BCUT2D eigenvalue weighted by molar-refractivity contribution is 7.98. The van der Waals surface area contributed by atoms with Crippen molar-refractivity contribution < 1.29 is 4.79 Å². The van der Waals surface area contributed by atoms with E-state index in [1.807, 2.05) is 0 Å². The lowest BCUT2D eigenvalue weighted by atomic mass is 9.71. The SMILES string of the molecule is CSCCC(=O)N1CCC2(CCNCC2)CC1.Cl. The van der Waals surface area contributed by atoms with Crippen molar-refractivity contribution in [1.29, 1.82) is 0 Å². The van der Waals surface area contributed by atoms with Crippen LogP contribution < -0.4 is 5.32 Å².